The second kappa shape index (κ2) is 4.13. The predicted octanol–water partition coefficient (Wildman–Crippen LogP) is 3.71. The molecule has 0 radical (unpaired) electrons. The van der Waals surface area contributed by atoms with E-state index in [0.717, 1.165) is 11.3 Å². The van der Waals surface area contributed by atoms with Gasteiger partial charge in [0.25, 0.3) is 0 Å². The molecule has 0 fully saturated rings. The third-order valence-corrected chi connectivity index (χ3v) is 2.64. The molecule has 0 amide bonds. The van der Waals surface area contributed by atoms with E-state index in [2.05, 4.69) is 9.72 Å². The fraction of sp³-hybridized carbons (Fsp3) is 0.100. The van der Waals surface area contributed by atoms with Crippen molar-refractivity contribution in [2.75, 3.05) is 0 Å². The third-order valence-electron chi connectivity index (χ3n) is 1.78. The van der Waals surface area contributed by atoms with Crippen LogP contribution in [0.2, 0.25) is 0 Å². The maximum absolute atomic E-state index is 12.1. The van der Waals surface area contributed by atoms with Crippen LogP contribution in [0.1, 0.15) is 0 Å². The van der Waals surface area contributed by atoms with Gasteiger partial charge in [-0.3, -0.25) is 0 Å². The molecular weight excluding hydrogens is 239 g/mol. The molecule has 0 aliphatic heterocycles. The Bertz CT molecular complexity index is 466. The van der Waals surface area contributed by atoms with Crippen molar-refractivity contribution in [3.63, 3.8) is 0 Å². The molecule has 0 saturated heterocycles. The van der Waals surface area contributed by atoms with Gasteiger partial charge in [-0.25, -0.2) is 4.98 Å². The second-order valence-electron chi connectivity index (χ2n) is 2.90. The standard InChI is InChI=1S/C10H6F3NOS/c11-10(12,13)15-9-8(16-6-14-9)7-4-2-1-3-5-7/h1-6H. The van der Waals surface area contributed by atoms with Crippen LogP contribution in [0.3, 0.4) is 0 Å². The molecule has 1 heterocycles. The van der Waals surface area contributed by atoms with Crippen molar-refractivity contribution < 1.29 is 17.9 Å². The molecule has 2 nitrogen and oxygen atoms in total. The topological polar surface area (TPSA) is 22.1 Å². The number of ether oxygens (including phenoxy) is 1. The van der Waals surface area contributed by atoms with Crippen LogP contribution in [0.4, 0.5) is 13.2 Å². The van der Waals surface area contributed by atoms with Gasteiger partial charge in [-0.1, -0.05) is 30.3 Å². The average Bonchev–Trinajstić information content (AvgIpc) is 2.64. The number of hydrogen-bond acceptors (Lipinski definition) is 3. The van der Waals surface area contributed by atoms with E-state index >= 15 is 0 Å². The van der Waals surface area contributed by atoms with E-state index in [1.54, 1.807) is 30.3 Å². The Morgan fingerprint density at radius 2 is 1.81 bits per heavy atom. The minimum Gasteiger partial charge on any atom is -0.386 e. The van der Waals surface area contributed by atoms with Crippen molar-refractivity contribution in [1.29, 1.82) is 0 Å². The van der Waals surface area contributed by atoms with Gasteiger partial charge in [0.05, 0.1) is 10.4 Å². The minimum absolute atomic E-state index is 0.373. The van der Waals surface area contributed by atoms with Crippen molar-refractivity contribution >= 4 is 11.3 Å². The van der Waals surface area contributed by atoms with Gasteiger partial charge in [-0.15, -0.1) is 24.5 Å². The maximum atomic E-state index is 12.1. The lowest BCUT2D eigenvalue weighted by Crippen LogP contribution is -2.17. The lowest BCUT2D eigenvalue weighted by atomic mass is 10.2. The van der Waals surface area contributed by atoms with Gasteiger partial charge in [0, 0.05) is 0 Å². The van der Waals surface area contributed by atoms with Gasteiger partial charge in [0.15, 0.2) is 0 Å². The molecular formula is C10H6F3NOS. The largest absolute Gasteiger partial charge is 0.574 e. The van der Waals surface area contributed by atoms with Gasteiger partial charge >= 0.3 is 6.36 Å². The summed E-state index contributed by atoms with van der Waals surface area (Å²) in [6.07, 6.45) is -4.71. The quantitative estimate of drug-likeness (QED) is 0.804. The summed E-state index contributed by atoms with van der Waals surface area (Å²) in [5.74, 6) is -0.399. The molecule has 0 saturated carbocycles. The fourth-order valence-corrected chi connectivity index (χ4v) is 1.92. The summed E-state index contributed by atoms with van der Waals surface area (Å²) >= 11 is 1.11. The van der Waals surface area contributed by atoms with Gasteiger partial charge in [0.1, 0.15) is 0 Å². The van der Waals surface area contributed by atoms with E-state index in [-0.39, 0.29) is 0 Å². The van der Waals surface area contributed by atoms with Crippen LogP contribution in [0.5, 0.6) is 5.88 Å². The van der Waals surface area contributed by atoms with Crippen molar-refractivity contribution in [3.8, 4) is 16.3 Å². The molecule has 0 bridgehead atoms. The summed E-state index contributed by atoms with van der Waals surface area (Å²) < 4.78 is 40.0. The molecule has 0 aliphatic carbocycles. The SMILES string of the molecule is FC(F)(F)Oc1ncsc1-c1ccccc1. The van der Waals surface area contributed by atoms with Crippen LogP contribution < -0.4 is 4.74 Å². The first-order valence-electron chi connectivity index (χ1n) is 4.31. The highest BCUT2D eigenvalue weighted by Crippen LogP contribution is 2.35. The first kappa shape index (κ1) is 10.9. The lowest BCUT2D eigenvalue weighted by molar-refractivity contribution is -0.275. The molecule has 0 N–H and O–H groups in total. The van der Waals surface area contributed by atoms with E-state index < -0.39 is 12.2 Å². The zero-order valence-electron chi connectivity index (χ0n) is 7.86. The third kappa shape index (κ3) is 2.52. The molecule has 16 heavy (non-hydrogen) atoms. The summed E-state index contributed by atoms with van der Waals surface area (Å²) in [6.45, 7) is 0. The van der Waals surface area contributed by atoms with E-state index in [9.17, 15) is 13.2 Å². The van der Waals surface area contributed by atoms with Crippen LogP contribution >= 0.6 is 11.3 Å². The summed E-state index contributed by atoms with van der Waals surface area (Å²) in [4.78, 5) is 3.93. The summed E-state index contributed by atoms with van der Waals surface area (Å²) in [7, 11) is 0. The number of alkyl halides is 3. The zero-order valence-corrected chi connectivity index (χ0v) is 8.68. The lowest BCUT2D eigenvalue weighted by Gasteiger charge is -2.07. The molecule has 0 atom stereocenters. The Hall–Kier alpha value is -1.56. The summed E-state index contributed by atoms with van der Waals surface area (Å²) in [5, 5.41) is 0. The Balaban J connectivity index is 2.33. The smallest absolute Gasteiger partial charge is 0.386 e. The summed E-state index contributed by atoms with van der Waals surface area (Å²) in [6, 6.07) is 8.68. The highest BCUT2D eigenvalue weighted by molar-refractivity contribution is 7.13. The second-order valence-corrected chi connectivity index (χ2v) is 3.76. The molecule has 1 aromatic carbocycles. The van der Waals surface area contributed by atoms with Crippen molar-refractivity contribution in [2.24, 2.45) is 0 Å². The van der Waals surface area contributed by atoms with Crippen molar-refractivity contribution in [3.05, 3.63) is 35.8 Å². The molecule has 2 rings (SSSR count). The zero-order chi connectivity index (χ0) is 11.6. The minimum atomic E-state index is -4.71. The van der Waals surface area contributed by atoms with E-state index in [0.29, 0.717) is 10.4 Å². The number of thiazole rings is 1. The molecule has 1 aromatic heterocycles. The average molecular weight is 245 g/mol. The van der Waals surface area contributed by atoms with Crippen LogP contribution in [0, 0.1) is 0 Å². The number of halogens is 3. The number of rotatable bonds is 2. The molecule has 6 heteroatoms. The first-order chi connectivity index (χ1) is 7.56. The van der Waals surface area contributed by atoms with Crippen LogP contribution in [0.15, 0.2) is 35.8 Å². The molecule has 2 aromatic rings. The molecule has 0 unspecified atom stereocenters. The van der Waals surface area contributed by atoms with Crippen molar-refractivity contribution in [2.45, 2.75) is 6.36 Å². The monoisotopic (exact) mass is 245 g/mol. The highest BCUT2D eigenvalue weighted by atomic mass is 32.1. The Morgan fingerprint density at radius 3 is 2.44 bits per heavy atom. The van der Waals surface area contributed by atoms with E-state index in [1.165, 1.54) is 5.51 Å². The normalized spacial score (nSPS) is 11.4. The first-order valence-corrected chi connectivity index (χ1v) is 5.19. The Morgan fingerprint density at radius 1 is 1.12 bits per heavy atom. The van der Waals surface area contributed by atoms with E-state index in [1.807, 2.05) is 0 Å². The van der Waals surface area contributed by atoms with Gasteiger partial charge in [-0.2, -0.15) is 0 Å². The Labute approximate surface area is 93.3 Å². The van der Waals surface area contributed by atoms with Gasteiger partial charge in [0.2, 0.25) is 5.88 Å². The maximum Gasteiger partial charge on any atom is 0.574 e. The number of nitrogens with zero attached hydrogens (tertiary/aromatic N) is 1. The number of aromatic nitrogens is 1. The van der Waals surface area contributed by atoms with Crippen molar-refractivity contribution in [1.82, 2.24) is 4.98 Å². The van der Waals surface area contributed by atoms with Gasteiger partial charge < -0.3 is 4.74 Å². The van der Waals surface area contributed by atoms with Crippen LogP contribution in [0.25, 0.3) is 10.4 Å². The van der Waals surface area contributed by atoms with E-state index in [4.69, 9.17) is 0 Å². The molecule has 84 valence electrons. The molecule has 0 aliphatic rings. The summed E-state index contributed by atoms with van der Waals surface area (Å²) in [5.41, 5.74) is 1.98. The Kier molecular flexibility index (Phi) is 2.82. The van der Waals surface area contributed by atoms with Crippen LogP contribution in [-0.2, 0) is 0 Å². The molecule has 0 spiro atoms. The number of hydrogen-bond donors (Lipinski definition) is 0. The number of benzene rings is 1. The fourth-order valence-electron chi connectivity index (χ4n) is 1.20. The van der Waals surface area contributed by atoms with Crippen LogP contribution in [-0.4, -0.2) is 11.3 Å². The predicted molar refractivity (Wildman–Crippen MR) is 54.2 cm³/mol. The highest BCUT2D eigenvalue weighted by Gasteiger charge is 2.33. The van der Waals surface area contributed by atoms with Gasteiger partial charge in [-0.05, 0) is 5.56 Å².